The second-order valence-corrected chi connectivity index (χ2v) is 12.6. The zero-order chi connectivity index (χ0) is 17.6. The van der Waals surface area contributed by atoms with Gasteiger partial charge in [-0.3, -0.25) is 0 Å². The van der Waals surface area contributed by atoms with E-state index in [2.05, 4.69) is 0 Å². The molecule has 128 valence electrons. The third-order valence-corrected chi connectivity index (χ3v) is 11.1. The van der Waals surface area contributed by atoms with Gasteiger partial charge in [-0.1, -0.05) is 0 Å². The second-order valence-electron chi connectivity index (χ2n) is 5.05. The summed E-state index contributed by atoms with van der Waals surface area (Å²) >= 11 is -2.03. The number of methoxy groups -OCH3 is 1. The molecular formula is C13H19ClHgO8. The van der Waals surface area contributed by atoms with Gasteiger partial charge in [0.15, 0.2) is 0 Å². The van der Waals surface area contributed by atoms with Gasteiger partial charge in [-0.05, 0) is 0 Å². The van der Waals surface area contributed by atoms with Crippen molar-refractivity contribution in [3.8, 4) is 0 Å². The van der Waals surface area contributed by atoms with E-state index in [-0.39, 0.29) is 10.0 Å². The summed E-state index contributed by atoms with van der Waals surface area (Å²) in [7, 11) is 7.60. The van der Waals surface area contributed by atoms with Gasteiger partial charge in [0.05, 0.1) is 0 Å². The number of ether oxygens (including phenoxy) is 5. The molecule has 0 radical (unpaired) electrons. The van der Waals surface area contributed by atoms with Crippen LogP contribution in [0.2, 0.25) is 3.43 Å². The zero-order valence-electron chi connectivity index (χ0n) is 13.4. The van der Waals surface area contributed by atoms with Crippen LogP contribution >= 0.6 is 8.25 Å². The van der Waals surface area contributed by atoms with E-state index in [4.69, 9.17) is 31.9 Å². The Morgan fingerprint density at radius 1 is 1.04 bits per heavy atom. The predicted molar refractivity (Wildman–Crippen MR) is 73.0 cm³/mol. The fourth-order valence-electron chi connectivity index (χ4n) is 2.37. The Labute approximate surface area is 149 Å². The van der Waals surface area contributed by atoms with E-state index in [0.29, 0.717) is 0 Å². The number of esters is 3. The first-order chi connectivity index (χ1) is 10.8. The third kappa shape index (κ3) is 6.17. The number of hydrogen-bond acceptors (Lipinski definition) is 8. The monoisotopic (exact) mass is 540 g/mol. The quantitative estimate of drug-likeness (QED) is 0.278. The van der Waals surface area contributed by atoms with E-state index in [1.165, 1.54) is 27.9 Å². The average molecular weight is 539 g/mol. The predicted octanol–water partition coefficient (Wildman–Crippen LogP) is 0.809. The summed E-state index contributed by atoms with van der Waals surface area (Å²) in [5, 5.41) is 0. The molecule has 0 aromatic heterocycles. The molecule has 1 aliphatic heterocycles. The molecule has 8 nitrogen and oxygen atoms in total. The first kappa shape index (κ1) is 20.6. The van der Waals surface area contributed by atoms with Crippen molar-refractivity contribution >= 4 is 26.2 Å². The Morgan fingerprint density at radius 3 is 2.04 bits per heavy atom. The number of halogens is 1. The maximum absolute atomic E-state index is 11.4. The van der Waals surface area contributed by atoms with Crippen molar-refractivity contribution in [3.63, 3.8) is 0 Å². The topological polar surface area (TPSA) is 97.4 Å². The van der Waals surface area contributed by atoms with E-state index in [0.717, 1.165) is 0 Å². The molecule has 0 aliphatic carbocycles. The van der Waals surface area contributed by atoms with Crippen LogP contribution in [0, 0.1) is 0 Å². The molecule has 1 rings (SSSR count). The molecule has 0 spiro atoms. The molecule has 0 N–H and O–H groups in total. The van der Waals surface area contributed by atoms with Crippen LogP contribution in [0.1, 0.15) is 20.8 Å². The van der Waals surface area contributed by atoms with Crippen molar-refractivity contribution in [1.82, 2.24) is 0 Å². The van der Waals surface area contributed by atoms with Crippen molar-refractivity contribution in [1.29, 1.82) is 0 Å². The van der Waals surface area contributed by atoms with Crippen LogP contribution in [0.25, 0.3) is 0 Å². The summed E-state index contributed by atoms with van der Waals surface area (Å²) in [6.45, 7) is 3.58. The SMILES string of the molecule is CO[C@H]1O[C@@H](COC(C)=O)[C@H](OC(C)=O)[C@H](OC(C)=O)[C@@H]1[Hg][Cl]. The number of hydrogen-bond donors (Lipinski definition) is 0. The van der Waals surface area contributed by atoms with Crippen LogP contribution in [0.3, 0.4) is 0 Å². The van der Waals surface area contributed by atoms with Crippen molar-refractivity contribution in [3.05, 3.63) is 0 Å². The molecule has 0 aromatic rings. The molecule has 1 fully saturated rings. The van der Waals surface area contributed by atoms with Gasteiger partial charge in [0, 0.05) is 0 Å². The Balaban J connectivity index is 3.08. The van der Waals surface area contributed by atoms with E-state index in [9.17, 15) is 14.4 Å². The number of carbonyl (C=O) groups is 3. The first-order valence-corrected chi connectivity index (χ1v) is 17.0. The van der Waals surface area contributed by atoms with Crippen LogP contribution < -0.4 is 0 Å². The maximum atomic E-state index is 11.4. The van der Waals surface area contributed by atoms with E-state index >= 15 is 0 Å². The summed E-state index contributed by atoms with van der Waals surface area (Å²) in [6, 6.07) is 0. The normalized spacial score (nSPS) is 30.0. The molecule has 10 heteroatoms. The van der Waals surface area contributed by atoms with Crippen LogP contribution in [-0.2, 0) is 61.4 Å². The first-order valence-electron chi connectivity index (χ1n) is 7.02. The van der Waals surface area contributed by atoms with Gasteiger partial charge in [0.2, 0.25) is 0 Å². The molecule has 1 heterocycles. The molecule has 1 aliphatic rings. The molecule has 0 saturated carbocycles. The van der Waals surface area contributed by atoms with Crippen LogP contribution in [0.5, 0.6) is 0 Å². The van der Waals surface area contributed by atoms with Gasteiger partial charge in [-0.15, -0.1) is 0 Å². The standard InChI is InChI=1S/C13H19O8.ClH.Hg/c1-7(14)18-6-11-13(20-9(3)16)10(19-8(2)15)5-12(17-4)21-11;;/h5,10-13H,6H2,1-4H3;1H;/q;;+1/p-1/t10-,11+,12+,13-;;/m1../s1. The van der Waals surface area contributed by atoms with Gasteiger partial charge in [-0.25, -0.2) is 0 Å². The van der Waals surface area contributed by atoms with Crippen molar-refractivity contribution < 1.29 is 61.4 Å². The Bertz CT molecular complexity index is 446. The molecule has 0 amide bonds. The zero-order valence-corrected chi connectivity index (χ0v) is 19.7. The minimum absolute atomic E-state index is 0.156. The summed E-state index contributed by atoms with van der Waals surface area (Å²) in [6.07, 6.45) is -3.21. The van der Waals surface area contributed by atoms with Crippen molar-refractivity contribution in [2.75, 3.05) is 13.7 Å². The molecule has 1 saturated heterocycles. The summed E-state index contributed by atoms with van der Waals surface area (Å²) < 4.78 is 26.2. The number of rotatable bonds is 6. The second kappa shape index (κ2) is 9.75. The Hall–Kier alpha value is -0.445. The molecular weight excluding hydrogens is 520 g/mol. The summed E-state index contributed by atoms with van der Waals surface area (Å²) in [5.41, 5.74) is 0. The fourth-order valence-corrected chi connectivity index (χ4v) is 9.03. The van der Waals surface area contributed by atoms with Crippen LogP contribution in [0.15, 0.2) is 0 Å². The van der Waals surface area contributed by atoms with Gasteiger partial charge >= 0.3 is 150 Å². The van der Waals surface area contributed by atoms with Crippen molar-refractivity contribution in [2.45, 2.75) is 48.8 Å². The fraction of sp³-hybridized carbons (Fsp3) is 0.769. The Morgan fingerprint density at radius 2 is 1.61 bits per heavy atom. The van der Waals surface area contributed by atoms with Crippen molar-refractivity contribution in [2.24, 2.45) is 0 Å². The molecule has 0 bridgehead atoms. The van der Waals surface area contributed by atoms with Gasteiger partial charge in [0.1, 0.15) is 0 Å². The van der Waals surface area contributed by atoms with Crippen LogP contribution in [-0.4, -0.2) is 56.2 Å². The van der Waals surface area contributed by atoms with Gasteiger partial charge < -0.3 is 0 Å². The molecule has 0 unspecified atom stereocenters. The van der Waals surface area contributed by atoms with E-state index in [1.54, 1.807) is 0 Å². The molecule has 0 aromatic carbocycles. The van der Waals surface area contributed by atoms with E-state index in [1.807, 2.05) is 0 Å². The van der Waals surface area contributed by atoms with Crippen LogP contribution in [0.4, 0.5) is 0 Å². The Kier molecular flexibility index (Phi) is 8.74. The van der Waals surface area contributed by atoms with Gasteiger partial charge in [0.25, 0.3) is 0 Å². The average Bonchev–Trinajstić information content (AvgIpc) is 2.45. The summed E-state index contributed by atoms with van der Waals surface area (Å²) in [5.74, 6) is -1.60. The molecule has 23 heavy (non-hydrogen) atoms. The third-order valence-electron chi connectivity index (χ3n) is 3.24. The minimum atomic E-state index is -2.03. The molecule has 5 atom stereocenters. The van der Waals surface area contributed by atoms with E-state index < -0.39 is 65.8 Å². The number of carbonyl (C=O) groups excluding carboxylic acids is 3. The summed E-state index contributed by atoms with van der Waals surface area (Å²) in [4.78, 5) is 33.9. The van der Waals surface area contributed by atoms with Gasteiger partial charge in [-0.2, -0.15) is 0 Å².